The number of epoxide rings is 1. The van der Waals surface area contributed by atoms with Crippen LogP contribution in [0.5, 0.6) is 0 Å². The molecule has 11 heavy (non-hydrogen) atoms. The van der Waals surface area contributed by atoms with Crippen molar-refractivity contribution in [1.29, 1.82) is 0 Å². The van der Waals surface area contributed by atoms with E-state index in [0.29, 0.717) is 5.92 Å². The lowest BCUT2D eigenvalue weighted by atomic mass is 10.2. The highest BCUT2D eigenvalue weighted by Crippen LogP contribution is 2.20. The fraction of sp³-hybridized carbons (Fsp3) is 0.875. The zero-order valence-electron chi connectivity index (χ0n) is 7.26. The Bertz CT molecular complexity index is 156. The number of hydrogen-bond donors (Lipinski definition) is 1. The number of nitrogens with one attached hydrogen (secondary N) is 1. The molecule has 0 aromatic rings. The quantitative estimate of drug-likeness (QED) is 0.608. The molecule has 2 unspecified atom stereocenters. The van der Waals surface area contributed by atoms with Gasteiger partial charge in [0, 0.05) is 6.54 Å². The van der Waals surface area contributed by atoms with Crippen LogP contribution in [0.15, 0.2) is 0 Å². The molecule has 0 aromatic heterocycles. The Morgan fingerprint density at radius 3 is 2.55 bits per heavy atom. The molecular weight excluding hydrogens is 142 g/mol. The summed E-state index contributed by atoms with van der Waals surface area (Å²) in [6.45, 7) is 6.78. The van der Waals surface area contributed by atoms with Crippen molar-refractivity contribution in [3.8, 4) is 0 Å². The summed E-state index contributed by atoms with van der Waals surface area (Å²) in [5.41, 5.74) is 0. The van der Waals surface area contributed by atoms with E-state index in [-0.39, 0.29) is 18.1 Å². The molecule has 1 heterocycles. The molecule has 1 N–H and O–H groups in total. The lowest BCUT2D eigenvalue weighted by molar-refractivity contribution is -0.122. The molecule has 0 saturated carbocycles. The van der Waals surface area contributed by atoms with Crippen LogP contribution in [0.2, 0.25) is 0 Å². The van der Waals surface area contributed by atoms with E-state index in [1.54, 1.807) is 0 Å². The van der Waals surface area contributed by atoms with Crippen molar-refractivity contribution in [3.05, 3.63) is 0 Å². The summed E-state index contributed by atoms with van der Waals surface area (Å²) in [6, 6.07) is 0. The molecule has 1 amide bonds. The van der Waals surface area contributed by atoms with Gasteiger partial charge in [-0.05, 0) is 12.8 Å². The van der Waals surface area contributed by atoms with E-state index in [1.165, 1.54) is 0 Å². The van der Waals surface area contributed by atoms with E-state index in [0.717, 1.165) is 6.54 Å². The van der Waals surface area contributed by atoms with E-state index in [2.05, 4.69) is 19.2 Å². The number of ether oxygens (including phenoxy) is 1. The average Bonchev–Trinajstić information content (AvgIpc) is 2.61. The molecular formula is C8H15NO2. The topological polar surface area (TPSA) is 41.6 Å². The van der Waals surface area contributed by atoms with Crippen LogP contribution in [-0.4, -0.2) is 24.7 Å². The first-order valence-corrected chi connectivity index (χ1v) is 4.04. The van der Waals surface area contributed by atoms with Gasteiger partial charge in [-0.1, -0.05) is 13.8 Å². The van der Waals surface area contributed by atoms with Gasteiger partial charge in [-0.15, -0.1) is 0 Å². The maximum absolute atomic E-state index is 11.1. The molecule has 0 spiro atoms. The zero-order valence-corrected chi connectivity index (χ0v) is 7.26. The monoisotopic (exact) mass is 157 g/mol. The average molecular weight is 157 g/mol. The maximum atomic E-state index is 11.1. The van der Waals surface area contributed by atoms with E-state index in [1.807, 2.05) is 6.92 Å². The van der Waals surface area contributed by atoms with Crippen molar-refractivity contribution in [2.45, 2.75) is 33.0 Å². The number of carbonyl (C=O) groups excluding carboxylic acids is 1. The van der Waals surface area contributed by atoms with Gasteiger partial charge in [0.15, 0.2) is 6.10 Å². The minimum Gasteiger partial charge on any atom is -0.359 e. The fourth-order valence-corrected chi connectivity index (χ4v) is 0.866. The Morgan fingerprint density at radius 1 is 1.64 bits per heavy atom. The van der Waals surface area contributed by atoms with Gasteiger partial charge < -0.3 is 10.1 Å². The Morgan fingerprint density at radius 2 is 2.18 bits per heavy atom. The summed E-state index contributed by atoms with van der Waals surface area (Å²) < 4.78 is 5.00. The van der Waals surface area contributed by atoms with E-state index >= 15 is 0 Å². The van der Waals surface area contributed by atoms with Crippen LogP contribution in [0.1, 0.15) is 20.8 Å². The molecule has 2 atom stereocenters. The Balaban J connectivity index is 2.12. The van der Waals surface area contributed by atoms with Crippen LogP contribution in [0.4, 0.5) is 0 Å². The van der Waals surface area contributed by atoms with Crippen LogP contribution in [0, 0.1) is 5.92 Å². The first-order valence-electron chi connectivity index (χ1n) is 4.04. The third kappa shape index (κ3) is 2.50. The number of amides is 1. The SMILES string of the molecule is CC(C)CNC(=O)C1OC1C. The molecule has 0 aliphatic carbocycles. The first kappa shape index (κ1) is 8.53. The summed E-state index contributed by atoms with van der Waals surface area (Å²) in [6.07, 6.45) is -0.0455. The minimum atomic E-state index is -0.172. The zero-order chi connectivity index (χ0) is 8.43. The van der Waals surface area contributed by atoms with Gasteiger partial charge in [-0.2, -0.15) is 0 Å². The standard InChI is InChI=1S/C8H15NO2/c1-5(2)4-9-8(10)7-6(3)11-7/h5-7H,4H2,1-3H3,(H,9,10). The second-order valence-corrected chi connectivity index (χ2v) is 3.40. The molecule has 1 saturated heterocycles. The third-order valence-electron chi connectivity index (χ3n) is 1.65. The van der Waals surface area contributed by atoms with Crippen molar-refractivity contribution in [2.75, 3.05) is 6.54 Å². The van der Waals surface area contributed by atoms with Gasteiger partial charge in [0.2, 0.25) is 0 Å². The highest BCUT2D eigenvalue weighted by atomic mass is 16.6. The van der Waals surface area contributed by atoms with Gasteiger partial charge in [0.25, 0.3) is 5.91 Å². The summed E-state index contributed by atoms with van der Waals surface area (Å²) in [4.78, 5) is 11.1. The second-order valence-electron chi connectivity index (χ2n) is 3.40. The second kappa shape index (κ2) is 3.22. The van der Waals surface area contributed by atoms with Crippen molar-refractivity contribution in [1.82, 2.24) is 5.32 Å². The predicted octanol–water partition coefficient (Wildman–Crippen LogP) is 0.546. The summed E-state index contributed by atoms with van der Waals surface area (Å²) >= 11 is 0. The molecule has 3 heteroatoms. The van der Waals surface area contributed by atoms with Gasteiger partial charge in [0.1, 0.15) is 0 Å². The van der Waals surface area contributed by atoms with Crippen LogP contribution in [0.3, 0.4) is 0 Å². The van der Waals surface area contributed by atoms with E-state index < -0.39 is 0 Å². The predicted molar refractivity (Wildman–Crippen MR) is 42.2 cm³/mol. The van der Waals surface area contributed by atoms with Crippen molar-refractivity contribution in [3.63, 3.8) is 0 Å². The molecule has 0 bridgehead atoms. The molecule has 64 valence electrons. The molecule has 0 radical (unpaired) electrons. The maximum Gasteiger partial charge on any atom is 0.251 e. The lowest BCUT2D eigenvalue weighted by Gasteiger charge is -2.04. The van der Waals surface area contributed by atoms with Crippen molar-refractivity contribution in [2.24, 2.45) is 5.92 Å². The number of carbonyl (C=O) groups is 1. The lowest BCUT2D eigenvalue weighted by Crippen LogP contribution is -2.31. The summed E-state index contributed by atoms with van der Waals surface area (Å²) in [7, 11) is 0. The molecule has 1 rings (SSSR count). The van der Waals surface area contributed by atoms with Gasteiger partial charge in [-0.3, -0.25) is 4.79 Å². The largest absolute Gasteiger partial charge is 0.359 e. The van der Waals surface area contributed by atoms with Gasteiger partial charge >= 0.3 is 0 Å². The first-order chi connectivity index (χ1) is 5.11. The van der Waals surface area contributed by atoms with Crippen molar-refractivity contribution >= 4 is 5.91 Å². The molecule has 1 fully saturated rings. The molecule has 0 aromatic carbocycles. The summed E-state index contributed by atoms with van der Waals surface area (Å²) in [5, 5.41) is 2.81. The Labute approximate surface area is 67.1 Å². The normalized spacial score (nSPS) is 28.7. The fourth-order valence-electron chi connectivity index (χ4n) is 0.866. The minimum absolute atomic E-state index is 0.0335. The van der Waals surface area contributed by atoms with E-state index in [4.69, 9.17) is 4.74 Å². The van der Waals surface area contributed by atoms with Crippen molar-refractivity contribution < 1.29 is 9.53 Å². The van der Waals surface area contributed by atoms with Gasteiger partial charge in [0.05, 0.1) is 6.10 Å². The molecule has 3 nitrogen and oxygen atoms in total. The molecule has 1 aliphatic rings. The van der Waals surface area contributed by atoms with Crippen LogP contribution < -0.4 is 5.32 Å². The number of rotatable bonds is 3. The highest BCUT2D eigenvalue weighted by molar-refractivity contribution is 5.83. The highest BCUT2D eigenvalue weighted by Gasteiger charge is 2.40. The smallest absolute Gasteiger partial charge is 0.251 e. The third-order valence-corrected chi connectivity index (χ3v) is 1.65. The Kier molecular flexibility index (Phi) is 2.49. The molecule has 1 aliphatic heterocycles. The van der Waals surface area contributed by atoms with Crippen LogP contribution in [0.25, 0.3) is 0 Å². The van der Waals surface area contributed by atoms with Gasteiger partial charge in [-0.25, -0.2) is 0 Å². The van der Waals surface area contributed by atoms with E-state index in [9.17, 15) is 4.79 Å². The van der Waals surface area contributed by atoms with Crippen LogP contribution >= 0.6 is 0 Å². The summed E-state index contributed by atoms with van der Waals surface area (Å²) in [5.74, 6) is 0.541. The Hall–Kier alpha value is -0.570. The number of hydrogen-bond acceptors (Lipinski definition) is 2. The van der Waals surface area contributed by atoms with Crippen LogP contribution in [-0.2, 0) is 9.53 Å².